The first kappa shape index (κ1) is 20.8. The number of ether oxygens (including phenoxy) is 1. The van der Waals surface area contributed by atoms with Gasteiger partial charge in [-0.25, -0.2) is 9.37 Å². The summed E-state index contributed by atoms with van der Waals surface area (Å²) in [6.45, 7) is 1.69. The second-order valence-corrected chi connectivity index (χ2v) is 8.23. The molecular formula is C23H20BrClFN3O. The van der Waals surface area contributed by atoms with E-state index in [0.29, 0.717) is 11.6 Å². The average molecular weight is 489 g/mol. The quantitative estimate of drug-likeness (QED) is 0.298. The number of H-pyrrole nitrogens is 1. The number of hydrogen-bond acceptors (Lipinski definition) is 3. The smallest absolute Gasteiger partial charge is 0.124 e. The molecular weight excluding hydrogens is 469 g/mol. The van der Waals surface area contributed by atoms with Crippen LogP contribution in [-0.2, 0) is 19.6 Å². The number of aromatic amines is 1. The Balaban J connectivity index is 1.35. The number of benzene rings is 3. The van der Waals surface area contributed by atoms with Crippen molar-refractivity contribution in [3.05, 3.63) is 92.9 Å². The van der Waals surface area contributed by atoms with Gasteiger partial charge in [0.2, 0.25) is 0 Å². The summed E-state index contributed by atoms with van der Waals surface area (Å²) in [4.78, 5) is 7.94. The topological polar surface area (TPSA) is 49.9 Å². The fourth-order valence-corrected chi connectivity index (χ4v) is 3.81. The average Bonchev–Trinajstić information content (AvgIpc) is 3.14. The van der Waals surface area contributed by atoms with Gasteiger partial charge in [-0.3, -0.25) is 0 Å². The fraction of sp³-hybridized carbons (Fsp3) is 0.174. The van der Waals surface area contributed by atoms with E-state index in [-0.39, 0.29) is 12.4 Å². The largest absolute Gasteiger partial charge is 0.489 e. The summed E-state index contributed by atoms with van der Waals surface area (Å²) in [5, 5.41) is 3.80. The van der Waals surface area contributed by atoms with E-state index in [1.807, 2.05) is 42.5 Å². The zero-order chi connectivity index (χ0) is 20.9. The SMILES string of the molecule is Fc1ccc(COc2ccc(Br)cc2CNCCc2nc3ccccc3[nH]2)c(Cl)c1. The molecule has 154 valence electrons. The van der Waals surface area contributed by atoms with Gasteiger partial charge in [-0.2, -0.15) is 0 Å². The van der Waals surface area contributed by atoms with E-state index in [9.17, 15) is 4.39 Å². The summed E-state index contributed by atoms with van der Waals surface area (Å²) < 4.78 is 20.2. The molecule has 4 aromatic rings. The molecule has 0 bridgehead atoms. The van der Waals surface area contributed by atoms with Crippen molar-refractivity contribution < 1.29 is 9.13 Å². The highest BCUT2D eigenvalue weighted by Gasteiger charge is 2.08. The summed E-state index contributed by atoms with van der Waals surface area (Å²) >= 11 is 9.62. The third kappa shape index (κ3) is 5.19. The molecule has 0 aliphatic rings. The number of para-hydroxylation sites is 2. The van der Waals surface area contributed by atoms with Gasteiger partial charge in [-0.15, -0.1) is 0 Å². The lowest BCUT2D eigenvalue weighted by atomic mass is 10.2. The minimum Gasteiger partial charge on any atom is -0.489 e. The Kier molecular flexibility index (Phi) is 6.67. The molecule has 4 nitrogen and oxygen atoms in total. The van der Waals surface area contributed by atoms with Crippen LogP contribution in [0.1, 0.15) is 17.0 Å². The summed E-state index contributed by atoms with van der Waals surface area (Å²) in [5.41, 5.74) is 3.79. The van der Waals surface area contributed by atoms with Crippen LogP contribution in [0.25, 0.3) is 11.0 Å². The van der Waals surface area contributed by atoms with Crippen LogP contribution < -0.4 is 10.1 Å². The Morgan fingerprint density at radius 2 is 1.93 bits per heavy atom. The van der Waals surface area contributed by atoms with E-state index < -0.39 is 0 Å². The van der Waals surface area contributed by atoms with Crippen LogP contribution in [0, 0.1) is 5.82 Å². The Labute approximate surface area is 187 Å². The number of aromatic nitrogens is 2. The van der Waals surface area contributed by atoms with Gasteiger partial charge in [-0.05, 0) is 42.5 Å². The van der Waals surface area contributed by atoms with Gasteiger partial charge in [0.1, 0.15) is 24.0 Å². The first-order chi connectivity index (χ1) is 14.6. The first-order valence-electron chi connectivity index (χ1n) is 9.58. The van der Waals surface area contributed by atoms with Crippen molar-refractivity contribution in [3.63, 3.8) is 0 Å². The minimum atomic E-state index is -0.360. The van der Waals surface area contributed by atoms with Gasteiger partial charge >= 0.3 is 0 Å². The van der Waals surface area contributed by atoms with Gasteiger partial charge in [0.05, 0.1) is 16.1 Å². The van der Waals surface area contributed by atoms with Gasteiger partial charge < -0.3 is 15.0 Å². The number of halogens is 3. The molecule has 1 aromatic heterocycles. The number of hydrogen-bond donors (Lipinski definition) is 2. The molecule has 0 saturated carbocycles. The van der Waals surface area contributed by atoms with Crippen molar-refractivity contribution in [1.82, 2.24) is 15.3 Å². The lowest BCUT2D eigenvalue weighted by Crippen LogP contribution is -2.18. The van der Waals surface area contributed by atoms with E-state index in [2.05, 4.69) is 31.2 Å². The molecule has 30 heavy (non-hydrogen) atoms. The van der Waals surface area contributed by atoms with E-state index >= 15 is 0 Å². The Hall–Kier alpha value is -2.41. The molecule has 1 heterocycles. The number of rotatable bonds is 8. The predicted molar refractivity (Wildman–Crippen MR) is 121 cm³/mol. The Morgan fingerprint density at radius 3 is 2.77 bits per heavy atom. The third-order valence-electron chi connectivity index (χ3n) is 4.71. The molecule has 0 aliphatic heterocycles. The van der Waals surface area contributed by atoms with E-state index in [1.165, 1.54) is 12.1 Å². The first-order valence-corrected chi connectivity index (χ1v) is 10.7. The summed E-state index contributed by atoms with van der Waals surface area (Å²) in [6.07, 6.45) is 0.796. The van der Waals surface area contributed by atoms with Crippen LogP contribution >= 0.6 is 27.5 Å². The van der Waals surface area contributed by atoms with Crippen molar-refractivity contribution in [1.29, 1.82) is 0 Å². The highest BCUT2D eigenvalue weighted by molar-refractivity contribution is 9.10. The third-order valence-corrected chi connectivity index (χ3v) is 5.56. The monoisotopic (exact) mass is 487 g/mol. The molecule has 0 radical (unpaired) electrons. The normalized spacial score (nSPS) is 11.2. The highest BCUT2D eigenvalue weighted by atomic mass is 79.9. The van der Waals surface area contributed by atoms with Crippen LogP contribution in [-0.4, -0.2) is 16.5 Å². The molecule has 0 aliphatic carbocycles. The van der Waals surface area contributed by atoms with E-state index in [0.717, 1.165) is 51.2 Å². The standard InChI is InChI=1S/C23H20BrClFN3O/c24-17-6-8-22(30-14-15-5-7-18(26)12-19(15)25)16(11-17)13-27-10-9-23-28-20-3-1-2-4-21(20)29-23/h1-8,11-12,27H,9-10,13-14H2,(H,28,29). The lowest BCUT2D eigenvalue weighted by molar-refractivity contribution is 0.302. The van der Waals surface area contributed by atoms with Gasteiger partial charge in [-0.1, -0.05) is 45.7 Å². The molecule has 0 spiro atoms. The molecule has 2 N–H and O–H groups in total. The van der Waals surface area contributed by atoms with Crippen LogP contribution in [0.4, 0.5) is 4.39 Å². The zero-order valence-corrected chi connectivity index (χ0v) is 18.4. The molecule has 0 unspecified atom stereocenters. The van der Waals surface area contributed by atoms with Crippen molar-refractivity contribution in [2.24, 2.45) is 0 Å². The summed E-state index contributed by atoms with van der Waals surface area (Å²) in [5.74, 6) is 1.36. The molecule has 0 saturated heterocycles. The molecule has 0 fully saturated rings. The Bertz CT molecular complexity index is 1130. The minimum absolute atomic E-state index is 0.271. The van der Waals surface area contributed by atoms with Gasteiger partial charge in [0.15, 0.2) is 0 Å². The number of fused-ring (bicyclic) bond motifs is 1. The van der Waals surface area contributed by atoms with E-state index in [4.69, 9.17) is 16.3 Å². The van der Waals surface area contributed by atoms with Crippen molar-refractivity contribution in [2.75, 3.05) is 6.54 Å². The van der Waals surface area contributed by atoms with Gasteiger partial charge in [0.25, 0.3) is 0 Å². The number of nitrogens with one attached hydrogen (secondary N) is 2. The second-order valence-electron chi connectivity index (χ2n) is 6.90. The lowest BCUT2D eigenvalue weighted by Gasteiger charge is -2.13. The molecule has 4 rings (SSSR count). The zero-order valence-electron chi connectivity index (χ0n) is 16.1. The number of imidazole rings is 1. The van der Waals surface area contributed by atoms with Crippen molar-refractivity contribution in [2.45, 2.75) is 19.6 Å². The molecule has 0 amide bonds. The highest BCUT2D eigenvalue weighted by Crippen LogP contribution is 2.26. The maximum atomic E-state index is 13.2. The predicted octanol–water partition coefficient (Wildman–Crippen LogP) is 6.03. The maximum Gasteiger partial charge on any atom is 0.124 e. The van der Waals surface area contributed by atoms with Crippen LogP contribution in [0.5, 0.6) is 5.75 Å². The van der Waals surface area contributed by atoms with Crippen LogP contribution in [0.15, 0.2) is 65.1 Å². The summed E-state index contributed by atoms with van der Waals surface area (Å²) in [7, 11) is 0. The molecule has 7 heteroatoms. The van der Waals surface area contributed by atoms with E-state index in [1.54, 1.807) is 6.07 Å². The Morgan fingerprint density at radius 1 is 1.07 bits per heavy atom. The maximum absolute atomic E-state index is 13.2. The molecule has 0 atom stereocenters. The second kappa shape index (κ2) is 9.60. The van der Waals surface area contributed by atoms with Crippen molar-refractivity contribution >= 4 is 38.6 Å². The fourth-order valence-electron chi connectivity index (χ4n) is 3.18. The number of nitrogens with zero attached hydrogens (tertiary/aromatic N) is 1. The van der Waals surface area contributed by atoms with Crippen LogP contribution in [0.2, 0.25) is 5.02 Å². The molecule has 3 aromatic carbocycles. The van der Waals surface area contributed by atoms with Crippen molar-refractivity contribution in [3.8, 4) is 5.75 Å². The summed E-state index contributed by atoms with van der Waals surface area (Å²) in [6, 6.07) is 18.2. The van der Waals surface area contributed by atoms with Gasteiger partial charge in [0, 0.05) is 35.1 Å². The van der Waals surface area contributed by atoms with Crippen LogP contribution in [0.3, 0.4) is 0 Å².